The van der Waals surface area contributed by atoms with E-state index in [9.17, 15) is 0 Å². The molecule has 8 heteroatoms. The summed E-state index contributed by atoms with van der Waals surface area (Å²) in [5.74, 6) is 2.03. The SMILES string of the molecule is COc1cc2c(cc1OC)C[NH+](Cn1nc(-c3cccnc3)oc1=S)CC2. The van der Waals surface area contributed by atoms with Gasteiger partial charge in [-0.15, -0.1) is 5.10 Å². The zero-order chi connectivity index (χ0) is 18.8. The Morgan fingerprint density at radius 2 is 2.00 bits per heavy atom. The third-order valence-corrected chi connectivity index (χ3v) is 5.08. The summed E-state index contributed by atoms with van der Waals surface area (Å²) in [7, 11) is 3.32. The molecule has 140 valence electrons. The number of hydrogen-bond donors (Lipinski definition) is 1. The predicted molar refractivity (Wildman–Crippen MR) is 101 cm³/mol. The van der Waals surface area contributed by atoms with Gasteiger partial charge in [0, 0.05) is 24.4 Å². The molecule has 0 bridgehead atoms. The van der Waals surface area contributed by atoms with Crippen LogP contribution in [0.25, 0.3) is 11.5 Å². The van der Waals surface area contributed by atoms with Crippen molar-refractivity contribution in [2.24, 2.45) is 0 Å². The fourth-order valence-corrected chi connectivity index (χ4v) is 3.57. The number of nitrogens with one attached hydrogen (secondary N) is 1. The molecule has 0 amide bonds. The van der Waals surface area contributed by atoms with Crippen LogP contribution in [0.15, 0.2) is 41.1 Å². The van der Waals surface area contributed by atoms with E-state index >= 15 is 0 Å². The first-order chi connectivity index (χ1) is 13.2. The highest BCUT2D eigenvalue weighted by atomic mass is 32.1. The number of pyridine rings is 1. The van der Waals surface area contributed by atoms with Crippen molar-refractivity contribution in [3.05, 3.63) is 52.6 Å². The van der Waals surface area contributed by atoms with Crippen molar-refractivity contribution in [2.45, 2.75) is 19.6 Å². The van der Waals surface area contributed by atoms with Crippen molar-refractivity contribution in [3.8, 4) is 23.0 Å². The van der Waals surface area contributed by atoms with E-state index in [2.05, 4.69) is 22.2 Å². The molecule has 0 saturated heterocycles. The monoisotopic (exact) mass is 385 g/mol. The quantitative estimate of drug-likeness (QED) is 0.677. The zero-order valence-corrected chi connectivity index (χ0v) is 16.1. The summed E-state index contributed by atoms with van der Waals surface area (Å²) in [6, 6.07) is 7.90. The maximum atomic E-state index is 5.66. The van der Waals surface area contributed by atoms with E-state index in [0.717, 1.165) is 36.6 Å². The highest BCUT2D eigenvalue weighted by Gasteiger charge is 2.23. The highest BCUT2D eigenvalue weighted by Crippen LogP contribution is 2.31. The van der Waals surface area contributed by atoms with Crippen molar-refractivity contribution < 1.29 is 18.8 Å². The van der Waals surface area contributed by atoms with Gasteiger partial charge in [-0.05, 0) is 42.0 Å². The molecule has 0 radical (unpaired) electrons. The van der Waals surface area contributed by atoms with Crippen LogP contribution < -0.4 is 14.4 Å². The molecular weight excluding hydrogens is 364 g/mol. The second kappa shape index (κ2) is 7.50. The van der Waals surface area contributed by atoms with E-state index in [1.807, 2.05) is 12.1 Å². The molecule has 0 spiro atoms. The Balaban J connectivity index is 1.54. The van der Waals surface area contributed by atoms with Gasteiger partial charge < -0.3 is 18.8 Å². The molecule has 0 fully saturated rings. The molecule has 4 rings (SSSR count). The maximum Gasteiger partial charge on any atom is 0.292 e. The van der Waals surface area contributed by atoms with Crippen LogP contribution in [0, 0.1) is 4.84 Å². The summed E-state index contributed by atoms with van der Waals surface area (Å²) < 4.78 is 18.3. The first kappa shape index (κ1) is 17.7. The van der Waals surface area contributed by atoms with E-state index < -0.39 is 0 Å². The molecule has 1 unspecified atom stereocenters. The van der Waals surface area contributed by atoms with Gasteiger partial charge in [0.25, 0.3) is 4.84 Å². The van der Waals surface area contributed by atoms with Gasteiger partial charge in [0.15, 0.2) is 18.2 Å². The normalized spacial score (nSPS) is 16.0. The molecule has 1 atom stereocenters. The number of ether oxygens (including phenoxy) is 2. The van der Waals surface area contributed by atoms with E-state index in [1.54, 1.807) is 31.3 Å². The Morgan fingerprint density at radius 1 is 1.22 bits per heavy atom. The van der Waals surface area contributed by atoms with Crippen LogP contribution in [0.2, 0.25) is 0 Å². The Bertz CT molecular complexity index is 1000. The number of benzene rings is 1. The molecule has 0 aliphatic carbocycles. The third-order valence-electron chi connectivity index (χ3n) is 4.78. The Kier molecular flexibility index (Phi) is 4.91. The fourth-order valence-electron chi connectivity index (χ4n) is 3.39. The van der Waals surface area contributed by atoms with Gasteiger partial charge in [-0.3, -0.25) is 4.98 Å². The number of methoxy groups -OCH3 is 2. The van der Waals surface area contributed by atoms with Crippen molar-refractivity contribution in [1.82, 2.24) is 14.8 Å². The van der Waals surface area contributed by atoms with Crippen LogP contribution >= 0.6 is 12.2 Å². The lowest BCUT2D eigenvalue weighted by Crippen LogP contribution is -3.11. The zero-order valence-electron chi connectivity index (χ0n) is 15.3. The molecule has 0 saturated carbocycles. The Labute approximate surface area is 162 Å². The third kappa shape index (κ3) is 3.58. The van der Waals surface area contributed by atoms with Gasteiger partial charge in [0.1, 0.15) is 6.54 Å². The van der Waals surface area contributed by atoms with E-state index in [4.69, 9.17) is 26.1 Å². The first-order valence-electron chi connectivity index (χ1n) is 8.73. The highest BCUT2D eigenvalue weighted by molar-refractivity contribution is 7.71. The van der Waals surface area contributed by atoms with Crippen LogP contribution in [-0.4, -0.2) is 35.5 Å². The van der Waals surface area contributed by atoms with Crippen LogP contribution in [0.5, 0.6) is 11.5 Å². The number of rotatable bonds is 5. The van der Waals surface area contributed by atoms with Crippen molar-refractivity contribution in [3.63, 3.8) is 0 Å². The van der Waals surface area contributed by atoms with Crippen molar-refractivity contribution >= 4 is 12.2 Å². The lowest BCUT2D eigenvalue weighted by atomic mass is 9.99. The minimum atomic E-state index is 0.375. The van der Waals surface area contributed by atoms with Crippen LogP contribution in [0.4, 0.5) is 0 Å². The van der Waals surface area contributed by atoms with E-state index in [1.165, 1.54) is 16.0 Å². The number of hydrogen-bond acceptors (Lipinski definition) is 6. The van der Waals surface area contributed by atoms with Gasteiger partial charge in [-0.25, -0.2) is 0 Å². The van der Waals surface area contributed by atoms with E-state index in [0.29, 0.717) is 17.4 Å². The summed E-state index contributed by atoms with van der Waals surface area (Å²) in [6.45, 7) is 2.50. The first-order valence-corrected chi connectivity index (χ1v) is 9.14. The lowest BCUT2D eigenvalue weighted by Gasteiger charge is -2.26. The second-order valence-electron chi connectivity index (χ2n) is 6.48. The Morgan fingerprint density at radius 3 is 2.70 bits per heavy atom. The van der Waals surface area contributed by atoms with Crippen molar-refractivity contribution in [1.29, 1.82) is 0 Å². The van der Waals surface area contributed by atoms with Gasteiger partial charge in [0.05, 0.1) is 26.3 Å². The molecule has 7 nitrogen and oxygen atoms in total. The fraction of sp³-hybridized carbons (Fsp3) is 0.316. The summed E-state index contributed by atoms with van der Waals surface area (Å²) in [5.41, 5.74) is 3.38. The van der Waals surface area contributed by atoms with Crippen LogP contribution in [-0.2, 0) is 19.6 Å². The standard InChI is InChI=1S/C19H20N4O3S/c1-24-16-8-13-5-7-22(11-15(13)9-17(16)25-2)12-23-19(27)26-18(21-23)14-4-3-6-20-10-14/h3-4,6,8-10H,5,7,11-12H2,1-2H3/p+1. The second-order valence-corrected chi connectivity index (χ2v) is 6.82. The predicted octanol–water partition coefficient (Wildman–Crippen LogP) is 1.88. The maximum absolute atomic E-state index is 5.66. The summed E-state index contributed by atoms with van der Waals surface area (Å²) in [6.07, 6.45) is 4.40. The number of fused-ring (bicyclic) bond motifs is 1. The summed E-state index contributed by atoms with van der Waals surface area (Å²) in [4.78, 5) is 5.83. The molecule has 1 aliphatic heterocycles. The molecule has 1 N–H and O–H groups in total. The van der Waals surface area contributed by atoms with Crippen LogP contribution in [0.3, 0.4) is 0 Å². The largest absolute Gasteiger partial charge is 0.493 e. The average molecular weight is 385 g/mol. The number of nitrogens with zero attached hydrogens (tertiary/aromatic N) is 3. The smallest absolute Gasteiger partial charge is 0.292 e. The number of quaternary nitrogens is 1. The van der Waals surface area contributed by atoms with Crippen LogP contribution in [0.1, 0.15) is 11.1 Å². The van der Waals surface area contributed by atoms with Gasteiger partial charge in [-0.2, -0.15) is 4.68 Å². The van der Waals surface area contributed by atoms with Crippen molar-refractivity contribution in [2.75, 3.05) is 20.8 Å². The minimum Gasteiger partial charge on any atom is -0.493 e. The topological polar surface area (TPSA) is 66.8 Å². The summed E-state index contributed by atoms with van der Waals surface area (Å²) >= 11 is 5.36. The average Bonchev–Trinajstić information content (AvgIpc) is 3.08. The van der Waals surface area contributed by atoms with Gasteiger partial charge >= 0.3 is 0 Å². The van der Waals surface area contributed by atoms with E-state index in [-0.39, 0.29) is 0 Å². The van der Waals surface area contributed by atoms with Gasteiger partial charge in [0.2, 0.25) is 5.89 Å². The molecule has 1 aliphatic rings. The molecule has 1 aromatic carbocycles. The molecule has 2 aromatic heterocycles. The van der Waals surface area contributed by atoms with Gasteiger partial charge in [-0.1, -0.05) is 0 Å². The minimum absolute atomic E-state index is 0.375. The lowest BCUT2D eigenvalue weighted by molar-refractivity contribution is -0.939. The molecular formula is C19H21N4O3S+. The molecule has 27 heavy (non-hydrogen) atoms. The Hall–Kier alpha value is -2.71. The summed E-state index contributed by atoms with van der Waals surface area (Å²) in [5, 5.41) is 4.53. The number of aromatic nitrogens is 3. The molecule has 3 aromatic rings. The molecule has 3 heterocycles.